The number of unbranched alkanes of at least 4 members (excludes halogenated alkanes) is 1. The summed E-state index contributed by atoms with van der Waals surface area (Å²) in [6, 6.07) is 8.05. The van der Waals surface area contributed by atoms with Crippen molar-refractivity contribution in [3.8, 4) is 0 Å². The molecule has 1 heterocycles. The van der Waals surface area contributed by atoms with Crippen molar-refractivity contribution in [2.24, 2.45) is 0 Å². The molecule has 1 aromatic carbocycles. The van der Waals surface area contributed by atoms with Crippen LogP contribution >= 0.6 is 11.6 Å². The third kappa shape index (κ3) is 6.11. The molecule has 0 fully saturated rings. The number of nitrogens with zero attached hydrogens (tertiary/aromatic N) is 2. The molecule has 2 N–H and O–H groups in total. The normalized spacial score (nSPS) is 10.4. The van der Waals surface area contributed by atoms with Crippen molar-refractivity contribution in [1.29, 1.82) is 0 Å². The largest absolute Gasteiger partial charge is 0.360 e. The third-order valence-corrected chi connectivity index (χ3v) is 3.65. The number of aryl methyl sites for hydroxylation is 1. The predicted molar refractivity (Wildman–Crippen MR) is 96.8 cm³/mol. The second-order valence-electron chi connectivity index (χ2n) is 5.58. The Bertz CT molecular complexity index is 715. The van der Waals surface area contributed by atoms with E-state index in [0.717, 1.165) is 12.8 Å². The highest BCUT2D eigenvalue weighted by Crippen LogP contribution is 2.14. The lowest BCUT2D eigenvalue weighted by atomic mass is 10.3. The van der Waals surface area contributed by atoms with E-state index in [-0.39, 0.29) is 18.5 Å². The SMILES string of the molecule is CCCCN(CC(=O)Nc1cc(C)on1)C(=O)Nc1ccc(Cl)cc1. The van der Waals surface area contributed by atoms with Crippen LogP contribution in [-0.4, -0.2) is 35.1 Å². The van der Waals surface area contributed by atoms with Gasteiger partial charge in [0.1, 0.15) is 12.3 Å². The zero-order valence-electron chi connectivity index (χ0n) is 14.2. The van der Waals surface area contributed by atoms with Gasteiger partial charge in [0.15, 0.2) is 5.82 Å². The first kappa shape index (κ1) is 18.8. The number of halogens is 1. The Balaban J connectivity index is 1.97. The number of carbonyl (C=O) groups is 2. The molecule has 25 heavy (non-hydrogen) atoms. The van der Waals surface area contributed by atoms with Crippen LogP contribution in [0.2, 0.25) is 5.02 Å². The van der Waals surface area contributed by atoms with E-state index in [1.165, 1.54) is 4.90 Å². The molecule has 0 atom stereocenters. The molecule has 0 aliphatic rings. The van der Waals surface area contributed by atoms with Gasteiger partial charge < -0.3 is 20.1 Å². The van der Waals surface area contributed by atoms with E-state index in [4.69, 9.17) is 16.1 Å². The van der Waals surface area contributed by atoms with Gasteiger partial charge in [-0.3, -0.25) is 4.79 Å². The fraction of sp³-hybridized carbons (Fsp3) is 0.353. The Labute approximate surface area is 151 Å². The van der Waals surface area contributed by atoms with Crippen molar-refractivity contribution in [2.75, 3.05) is 23.7 Å². The summed E-state index contributed by atoms with van der Waals surface area (Å²) in [6.07, 6.45) is 1.71. The fourth-order valence-electron chi connectivity index (χ4n) is 2.12. The number of nitrogens with one attached hydrogen (secondary N) is 2. The molecular weight excluding hydrogens is 344 g/mol. The van der Waals surface area contributed by atoms with Gasteiger partial charge in [0, 0.05) is 23.3 Å². The Hall–Kier alpha value is -2.54. The lowest BCUT2D eigenvalue weighted by Gasteiger charge is -2.22. The monoisotopic (exact) mass is 364 g/mol. The molecular formula is C17H21ClN4O3. The molecule has 0 saturated heterocycles. The maximum atomic E-state index is 12.5. The van der Waals surface area contributed by atoms with Gasteiger partial charge in [0.25, 0.3) is 0 Å². The molecule has 8 heteroatoms. The molecule has 0 aliphatic carbocycles. The zero-order valence-corrected chi connectivity index (χ0v) is 15.0. The summed E-state index contributed by atoms with van der Waals surface area (Å²) in [5.74, 6) is 0.588. The van der Waals surface area contributed by atoms with E-state index in [2.05, 4.69) is 15.8 Å². The van der Waals surface area contributed by atoms with Gasteiger partial charge >= 0.3 is 6.03 Å². The van der Waals surface area contributed by atoms with Crippen LogP contribution in [-0.2, 0) is 4.79 Å². The van der Waals surface area contributed by atoms with E-state index in [1.54, 1.807) is 37.3 Å². The van der Waals surface area contributed by atoms with Gasteiger partial charge in [0.2, 0.25) is 5.91 Å². The molecule has 134 valence electrons. The van der Waals surface area contributed by atoms with Gasteiger partial charge in [-0.25, -0.2) is 4.79 Å². The van der Waals surface area contributed by atoms with Crippen molar-refractivity contribution >= 4 is 35.0 Å². The van der Waals surface area contributed by atoms with Crippen LogP contribution in [0.15, 0.2) is 34.9 Å². The first-order valence-electron chi connectivity index (χ1n) is 8.02. The van der Waals surface area contributed by atoms with E-state index >= 15 is 0 Å². The minimum Gasteiger partial charge on any atom is -0.360 e. The number of hydrogen-bond acceptors (Lipinski definition) is 4. The quantitative estimate of drug-likeness (QED) is 0.779. The summed E-state index contributed by atoms with van der Waals surface area (Å²) in [5, 5.41) is 9.67. The number of benzene rings is 1. The maximum Gasteiger partial charge on any atom is 0.322 e. The number of anilines is 2. The molecule has 3 amide bonds. The van der Waals surface area contributed by atoms with Gasteiger partial charge in [0.05, 0.1) is 0 Å². The Morgan fingerprint density at radius 2 is 1.96 bits per heavy atom. The maximum absolute atomic E-state index is 12.5. The first-order chi connectivity index (χ1) is 12.0. The van der Waals surface area contributed by atoms with Gasteiger partial charge in [-0.2, -0.15) is 0 Å². The molecule has 0 bridgehead atoms. The van der Waals surface area contributed by atoms with E-state index in [1.807, 2.05) is 6.92 Å². The lowest BCUT2D eigenvalue weighted by Crippen LogP contribution is -2.41. The number of hydrogen-bond donors (Lipinski definition) is 2. The molecule has 0 unspecified atom stereocenters. The zero-order chi connectivity index (χ0) is 18.2. The summed E-state index contributed by atoms with van der Waals surface area (Å²) in [4.78, 5) is 26.1. The molecule has 0 spiro atoms. The Morgan fingerprint density at radius 3 is 2.56 bits per heavy atom. The predicted octanol–water partition coefficient (Wildman–Crippen LogP) is 3.91. The Kier molecular flexibility index (Phi) is 6.82. The van der Waals surface area contributed by atoms with Gasteiger partial charge in [-0.15, -0.1) is 0 Å². The van der Waals surface area contributed by atoms with Gasteiger partial charge in [-0.1, -0.05) is 30.1 Å². The van der Waals surface area contributed by atoms with Crippen molar-refractivity contribution in [2.45, 2.75) is 26.7 Å². The number of amides is 3. The summed E-state index contributed by atoms with van der Waals surface area (Å²) in [6.45, 7) is 4.15. The number of aromatic nitrogens is 1. The van der Waals surface area contributed by atoms with Crippen molar-refractivity contribution in [1.82, 2.24) is 10.1 Å². The molecule has 0 aliphatic heterocycles. The first-order valence-corrected chi connectivity index (χ1v) is 8.40. The van der Waals surface area contributed by atoms with E-state index in [9.17, 15) is 9.59 Å². The number of urea groups is 1. The standard InChI is InChI=1S/C17H21ClN4O3/c1-3-4-9-22(11-16(23)20-15-10-12(2)25-21-15)17(24)19-14-7-5-13(18)6-8-14/h5-8,10H,3-4,9,11H2,1-2H3,(H,19,24)(H,20,21,23). The van der Waals surface area contributed by atoms with E-state index < -0.39 is 0 Å². The molecule has 7 nitrogen and oxygen atoms in total. The van der Waals surface area contributed by atoms with Crippen LogP contribution in [0.5, 0.6) is 0 Å². The molecule has 1 aromatic heterocycles. The number of rotatable bonds is 7. The second-order valence-corrected chi connectivity index (χ2v) is 6.02. The second kappa shape index (κ2) is 9.08. The summed E-state index contributed by atoms with van der Waals surface area (Å²) in [7, 11) is 0. The van der Waals surface area contributed by atoms with Crippen LogP contribution in [0.25, 0.3) is 0 Å². The van der Waals surface area contributed by atoms with Crippen LogP contribution in [0.4, 0.5) is 16.3 Å². The molecule has 0 saturated carbocycles. The molecule has 2 aromatic rings. The number of carbonyl (C=O) groups excluding carboxylic acids is 2. The van der Waals surface area contributed by atoms with Crippen molar-refractivity contribution < 1.29 is 14.1 Å². The lowest BCUT2D eigenvalue weighted by molar-refractivity contribution is -0.116. The average Bonchev–Trinajstić information content (AvgIpc) is 2.98. The van der Waals surface area contributed by atoms with Crippen LogP contribution in [0.3, 0.4) is 0 Å². The van der Waals surface area contributed by atoms with E-state index in [0.29, 0.717) is 28.8 Å². The smallest absolute Gasteiger partial charge is 0.322 e. The minimum atomic E-state index is -0.345. The minimum absolute atomic E-state index is 0.0780. The molecule has 2 rings (SSSR count). The van der Waals surface area contributed by atoms with Crippen molar-refractivity contribution in [3.05, 3.63) is 41.1 Å². The topological polar surface area (TPSA) is 87.5 Å². The fourth-order valence-corrected chi connectivity index (χ4v) is 2.24. The summed E-state index contributed by atoms with van der Waals surface area (Å²) in [5.41, 5.74) is 0.614. The van der Waals surface area contributed by atoms with Gasteiger partial charge in [-0.05, 0) is 37.6 Å². The van der Waals surface area contributed by atoms with Crippen LogP contribution < -0.4 is 10.6 Å². The Morgan fingerprint density at radius 1 is 1.24 bits per heavy atom. The highest BCUT2D eigenvalue weighted by molar-refractivity contribution is 6.30. The van der Waals surface area contributed by atoms with Crippen LogP contribution in [0, 0.1) is 6.92 Å². The summed E-state index contributed by atoms with van der Waals surface area (Å²) < 4.78 is 4.90. The highest BCUT2D eigenvalue weighted by atomic mass is 35.5. The third-order valence-electron chi connectivity index (χ3n) is 3.39. The van der Waals surface area contributed by atoms with Crippen LogP contribution in [0.1, 0.15) is 25.5 Å². The average molecular weight is 365 g/mol. The highest BCUT2D eigenvalue weighted by Gasteiger charge is 2.18. The molecule has 0 radical (unpaired) electrons. The summed E-state index contributed by atoms with van der Waals surface area (Å²) >= 11 is 5.84. The van der Waals surface area contributed by atoms with Crippen molar-refractivity contribution in [3.63, 3.8) is 0 Å².